The van der Waals surface area contributed by atoms with Crippen molar-refractivity contribution in [1.29, 1.82) is 0 Å². The van der Waals surface area contributed by atoms with Crippen molar-refractivity contribution in [2.24, 2.45) is 5.92 Å². The number of hydroxylamine groups is 1. The molecule has 2 unspecified atom stereocenters. The highest BCUT2D eigenvalue weighted by atomic mass is 32.2. The van der Waals surface area contributed by atoms with Gasteiger partial charge in [0.2, 0.25) is 0 Å². The van der Waals surface area contributed by atoms with Crippen molar-refractivity contribution in [2.45, 2.75) is 207 Å². The van der Waals surface area contributed by atoms with E-state index in [-0.39, 0.29) is 0 Å². The van der Waals surface area contributed by atoms with Crippen LogP contribution in [0.15, 0.2) is 0 Å². The molecule has 304 valence electrons. The average molecular weight is 760 g/mol. The Bertz CT molecular complexity index is 725. The van der Waals surface area contributed by atoms with Crippen LogP contribution in [-0.4, -0.2) is 65.9 Å². The van der Waals surface area contributed by atoms with Crippen LogP contribution in [0.3, 0.4) is 0 Å². The zero-order valence-electron chi connectivity index (χ0n) is 34.1. The van der Waals surface area contributed by atoms with E-state index in [1.807, 2.05) is 0 Å². The first-order valence-electron chi connectivity index (χ1n) is 22.2. The Morgan fingerprint density at radius 1 is 0.627 bits per heavy atom. The zero-order chi connectivity index (χ0) is 36.8. The number of hydrogen-bond donors (Lipinski definition) is 1. The molecular formula is C42H85NO6SSi. The SMILES string of the molecule is CCCCCCCCCCCCCCCC1CCO[Si](CCCSC(=O)CCCCCCCCCCC)(OCCOCCOCCCC)ONC1. The van der Waals surface area contributed by atoms with Gasteiger partial charge in [0.15, 0.2) is 5.12 Å². The molecule has 0 bridgehead atoms. The number of unbranched alkanes of at least 4 members (excludes halogenated alkanes) is 21. The third-order valence-electron chi connectivity index (χ3n) is 10.1. The molecule has 0 radical (unpaired) electrons. The topological polar surface area (TPSA) is 75.3 Å². The molecule has 0 aliphatic carbocycles. The van der Waals surface area contributed by atoms with Crippen molar-refractivity contribution < 1.29 is 27.6 Å². The molecule has 1 N–H and O–H groups in total. The Kier molecular flexibility index (Phi) is 36.8. The summed E-state index contributed by atoms with van der Waals surface area (Å²) in [4.78, 5) is 12.5. The normalized spacial score (nSPS) is 18.2. The number of carbonyl (C=O) groups excluding carboxylic acids is 1. The van der Waals surface area contributed by atoms with Crippen LogP contribution < -0.4 is 5.48 Å². The summed E-state index contributed by atoms with van der Waals surface area (Å²) < 4.78 is 30.5. The smallest absolute Gasteiger partial charge is 0.379 e. The van der Waals surface area contributed by atoms with Crippen LogP contribution in [0.2, 0.25) is 6.04 Å². The predicted octanol–water partition coefficient (Wildman–Crippen LogP) is 12.4. The van der Waals surface area contributed by atoms with E-state index in [4.69, 9.17) is 22.9 Å². The summed E-state index contributed by atoms with van der Waals surface area (Å²) in [5.74, 6) is 1.35. The Labute approximate surface area is 322 Å². The van der Waals surface area contributed by atoms with Gasteiger partial charge in [-0.1, -0.05) is 174 Å². The Hall–Kier alpha value is -0.00312. The Morgan fingerprint density at radius 3 is 1.73 bits per heavy atom. The quantitative estimate of drug-likeness (QED) is 0.0493. The van der Waals surface area contributed by atoms with Crippen molar-refractivity contribution in [3.05, 3.63) is 0 Å². The van der Waals surface area contributed by atoms with Crippen molar-refractivity contribution in [2.75, 3.05) is 51.9 Å². The molecule has 1 aliphatic rings. The maximum absolute atomic E-state index is 12.5. The van der Waals surface area contributed by atoms with Crippen molar-refractivity contribution in [3.63, 3.8) is 0 Å². The van der Waals surface area contributed by atoms with Crippen molar-refractivity contribution >= 4 is 25.7 Å². The highest BCUT2D eigenvalue weighted by molar-refractivity contribution is 8.13. The largest absolute Gasteiger partial charge is 0.518 e. The second kappa shape index (κ2) is 38.3. The second-order valence-electron chi connectivity index (χ2n) is 15.0. The number of nitrogens with one attached hydrogen (secondary N) is 1. The third kappa shape index (κ3) is 32.0. The van der Waals surface area contributed by atoms with E-state index < -0.39 is 8.80 Å². The minimum atomic E-state index is -2.92. The van der Waals surface area contributed by atoms with Crippen LogP contribution in [0.1, 0.15) is 201 Å². The lowest BCUT2D eigenvalue weighted by atomic mass is 9.97. The van der Waals surface area contributed by atoms with Gasteiger partial charge in [-0.05, 0) is 38.0 Å². The van der Waals surface area contributed by atoms with Crippen LogP contribution in [-0.2, 0) is 27.6 Å². The Morgan fingerprint density at radius 2 is 1.14 bits per heavy atom. The van der Waals surface area contributed by atoms with Crippen LogP contribution in [0, 0.1) is 5.92 Å². The van der Waals surface area contributed by atoms with Crippen LogP contribution in [0.4, 0.5) is 0 Å². The van der Waals surface area contributed by atoms with Crippen molar-refractivity contribution in [1.82, 2.24) is 5.48 Å². The molecule has 1 rings (SSSR count). The molecule has 1 fully saturated rings. The van der Waals surface area contributed by atoms with E-state index in [1.54, 1.807) is 0 Å². The fourth-order valence-corrected chi connectivity index (χ4v) is 10.1. The van der Waals surface area contributed by atoms with Crippen LogP contribution in [0.5, 0.6) is 0 Å². The molecule has 7 nitrogen and oxygen atoms in total. The summed E-state index contributed by atoms with van der Waals surface area (Å²) in [5.41, 5.74) is 3.29. The molecule has 1 aliphatic heterocycles. The molecule has 2 atom stereocenters. The standard InChI is InChI=1S/C42H85NO6SSi/c1-4-7-10-12-14-16-17-18-19-21-22-24-26-29-41-31-33-47-51(49-43-40-41,48-37-36-46-35-34-45-32-9-6-3)39-28-38-50-42(44)30-27-25-23-20-15-13-11-8-5-2/h41,43H,4-40H2,1-3H3. The highest BCUT2D eigenvalue weighted by Gasteiger charge is 2.42. The summed E-state index contributed by atoms with van der Waals surface area (Å²) in [6.07, 6.45) is 35.6. The molecule has 0 aromatic carbocycles. The lowest BCUT2D eigenvalue weighted by Crippen LogP contribution is -2.52. The first-order valence-corrected chi connectivity index (χ1v) is 25.1. The van der Waals surface area contributed by atoms with E-state index in [9.17, 15) is 4.79 Å². The summed E-state index contributed by atoms with van der Waals surface area (Å²) in [5, 5.41) is 0.317. The van der Waals surface area contributed by atoms with Gasteiger partial charge in [0, 0.05) is 38.0 Å². The predicted molar refractivity (Wildman–Crippen MR) is 220 cm³/mol. The molecule has 0 amide bonds. The molecule has 0 saturated carbocycles. The van der Waals surface area contributed by atoms with Gasteiger partial charge in [0.25, 0.3) is 0 Å². The third-order valence-corrected chi connectivity index (χ3v) is 13.8. The maximum Gasteiger partial charge on any atom is 0.518 e. The lowest BCUT2D eigenvalue weighted by molar-refractivity contribution is -0.111. The van der Waals surface area contributed by atoms with Crippen molar-refractivity contribution in [3.8, 4) is 0 Å². The van der Waals surface area contributed by atoms with Crippen LogP contribution in [0.25, 0.3) is 0 Å². The van der Waals surface area contributed by atoms with Gasteiger partial charge in [-0.2, -0.15) is 0 Å². The van der Waals surface area contributed by atoms with Gasteiger partial charge in [-0.15, -0.1) is 0 Å². The molecule has 0 aromatic heterocycles. The molecule has 51 heavy (non-hydrogen) atoms. The molecular weight excluding hydrogens is 675 g/mol. The number of thioether (sulfide) groups is 1. The number of ether oxygens (including phenoxy) is 2. The fourth-order valence-electron chi connectivity index (χ4n) is 6.70. The van der Waals surface area contributed by atoms with Gasteiger partial charge in [0.05, 0.1) is 26.4 Å². The van der Waals surface area contributed by atoms with E-state index in [0.717, 1.165) is 51.0 Å². The molecule has 0 spiro atoms. The molecule has 9 heteroatoms. The monoisotopic (exact) mass is 760 g/mol. The molecule has 1 saturated heterocycles. The summed E-state index contributed by atoms with van der Waals surface area (Å²) in [6, 6.07) is 0.710. The summed E-state index contributed by atoms with van der Waals surface area (Å²) in [7, 11) is -2.92. The maximum atomic E-state index is 12.5. The fraction of sp³-hybridized carbons (Fsp3) is 0.976. The first kappa shape index (κ1) is 49.0. The minimum Gasteiger partial charge on any atom is -0.379 e. The number of hydrogen-bond acceptors (Lipinski definition) is 8. The van der Waals surface area contributed by atoms with Gasteiger partial charge in [-0.25, -0.2) is 5.48 Å². The highest BCUT2D eigenvalue weighted by Crippen LogP contribution is 2.25. The zero-order valence-corrected chi connectivity index (χ0v) is 35.9. The average Bonchev–Trinajstić information content (AvgIpc) is 3.12. The van der Waals surface area contributed by atoms with Gasteiger partial charge < -0.3 is 18.3 Å². The minimum absolute atomic E-state index is 0.317. The molecule has 0 aromatic rings. The van der Waals surface area contributed by atoms with E-state index in [0.29, 0.717) is 56.5 Å². The summed E-state index contributed by atoms with van der Waals surface area (Å²) >= 11 is 1.47. The number of carbonyl (C=O) groups is 1. The van der Waals surface area contributed by atoms with Gasteiger partial charge >= 0.3 is 8.80 Å². The second-order valence-corrected chi connectivity index (χ2v) is 18.8. The first-order chi connectivity index (χ1) is 25.2. The van der Waals surface area contributed by atoms with Gasteiger partial charge in [-0.3, -0.25) is 9.32 Å². The van der Waals surface area contributed by atoms with Gasteiger partial charge in [0.1, 0.15) is 0 Å². The Balaban J connectivity index is 2.30. The number of rotatable bonds is 38. The lowest BCUT2D eigenvalue weighted by Gasteiger charge is -2.33. The summed E-state index contributed by atoms with van der Waals surface area (Å²) in [6.45, 7) is 11.1. The van der Waals surface area contributed by atoms with E-state index >= 15 is 0 Å². The van der Waals surface area contributed by atoms with E-state index in [1.165, 1.54) is 153 Å². The molecule has 1 heterocycles. The van der Waals surface area contributed by atoms with Crippen LogP contribution >= 0.6 is 11.8 Å². The van der Waals surface area contributed by atoms with E-state index in [2.05, 4.69) is 26.3 Å².